The SMILES string of the molecule is CC(NC(=O)C1OC2OC(C)(C)OC2C2OC(C)(C)OC12)C(=O)Nc1cccc2ccccc12. The van der Waals surface area contributed by atoms with Crippen molar-refractivity contribution in [3.05, 3.63) is 42.5 Å². The average molecular weight is 471 g/mol. The van der Waals surface area contributed by atoms with E-state index in [2.05, 4.69) is 10.6 Å². The fraction of sp³-hybridized carbons (Fsp3) is 0.520. The summed E-state index contributed by atoms with van der Waals surface area (Å²) in [5.74, 6) is -2.63. The molecule has 2 aromatic rings. The molecule has 3 fully saturated rings. The Hall–Kier alpha value is -2.56. The highest BCUT2D eigenvalue weighted by molar-refractivity contribution is 6.04. The van der Waals surface area contributed by atoms with E-state index in [1.165, 1.54) is 0 Å². The Morgan fingerprint density at radius 2 is 1.50 bits per heavy atom. The van der Waals surface area contributed by atoms with Gasteiger partial charge in [0.1, 0.15) is 24.4 Å². The van der Waals surface area contributed by atoms with Crippen molar-refractivity contribution >= 4 is 28.3 Å². The van der Waals surface area contributed by atoms with Crippen LogP contribution < -0.4 is 10.6 Å². The van der Waals surface area contributed by atoms with Crippen molar-refractivity contribution in [3.63, 3.8) is 0 Å². The highest BCUT2D eigenvalue weighted by Gasteiger charge is 2.62. The first-order valence-electron chi connectivity index (χ1n) is 11.5. The van der Waals surface area contributed by atoms with Crippen LogP contribution in [0.3, 0.4) is 0 Å². The van der Waals surface area contributed by atoms with Crippen LogP contribution in [0.15, 0.2) is 42.5 Å². The topological polar surface area (TPSA) is 104 Å². The maximum absolute atomic E-state index is 13.2. The van der Waals surface area contributed by atoms with Gasteiger partial charge in [0.15, 0.2) is 24.0 Å². The molecule has 34 heavy (non-hydrogen) atoms. The summed E-state index contributed by atoms with van der Waals surface area (Å²) >= 11 is 0. The van der Waals surface area contributed by atoms with Crippen molar-refractivity contribution in [2.24, 2.45) is 0 Å². The number of anilines is 1. The van der Waals surface area contributed by atoms with E-state index < -0.39 is 54.2 Å². The minimum absolute atomic E-state index is 0.347. The molecule has 0 saturated carbocycles. The lowest BCUT2D eigenvalue weighted by Crippen LogP contribution is -2.60. The predicted octanol–water partition coefficient (Wildman–Crippen LogP) is 2.68. The molecular weight excluding hydrogens is 440 g/mol. The van der Waals surface area contributed by atoms with Gasteiger partial charge >= 0.3 is 0 Å². The number of hydrogen-bond donors (Lipinski definition) is 2. The van der Waals surface area contributed by atoms with E-state index in [-0.39, 0.29) is 5.91 Å². The Balaban J connectivity index is 1.29. The molecule has 182 valence electrons. The molecule has 6 unspecified atom stereocenters. The third-order valence-corrected chi connectivity index (χ3v) is 6.21. The largest absolute Gasteiger partial charge is 0.342 e. The van der Waals surface area contributed by atoms with Crippen molar-refractivity contribution < 1.29 is 33.3 Å². The second-order valence-electron chi connectivity index (χ2n) is 9.84. The van der Waals surface area contributed by atoms with Crippen LogP contribution in [-0.2, 0) is 33.3 Å². The van der Waals surface area contributed by atoms with E-state index in [0.29, 0.717) is 5.69 Å². The van der Waals surface area contributed by atoms with E-state index in [4.69, 9.17) is 23.7 Å². The van der Waals surface area contributed by atoms with E-state index >= 15 is 0 Å². The monoisotopic (exact) mass is 470 g/mol. The normalized spacial score (nSPS) is 32.0. The summed E-state index contributed by atoms with van der Waals surface area (Å²) in [5, 5.41) is 7.58. The second-order valence-corrected chi connectivity index (χ2v) is 9.84. The molecule has 2 aromatic carbocycles. The Labute approximate surface area is 198 Å². The van der Waals surface area contributed by atoms with Crippen LogP contribution in [0.2, 0.25) is 0 Å². The molecule has 2 N–H and O–H groups in total. The molecule has 9 nitrogen and oxygen atoms in total. The van der Waals surface area contributed by atoms with Crippen molar-refractivity contribution in [3.8, 4) is 0 Å². The van der Waals surface area contributed by atoms with Gasteiger partial charge in [0.25, 0.3) is 5.91 Å². The third kappa shape index (κ3) is 4.30. The fourth-order valence-corrected chi connectivity index (χ4v) is 4.76. The number of carbonyl (C=O) groups excluding carboxylic acids is 2. The van der Waals surface area contributed by atoms with Gasteiger partial charge in [0.05, 0.1) is 0 Å². The van der Waals surface area contributed by atoms with Crippen molar-refractivity contribution in [2.45, 2.75) is 82.9 Å². The summed E-state index contributed by atoms with van der Waals surface area (Å²) in [5.41, 5.74) is 0.675. The van der Waals surface area contributed by atoms with E-state index in [9.17, 15) is 9.59 Å². The quantitative estimate of drug-likeness (QED) is 0.708. The van der Waals surface area contributed by atoms with Crippen molar-refractivity contribution in [1.82, 2.24) is 5.32 Å². The maximum Gasteiger partial charge on any atom is 0.252 e. The number of amides is 2. The van der Waals surface area contributed by atoms with Crippen molar-refractivity contribution in [2.75, 3.05) is 5.32 Å². The molecule has 5 rings (SSSR count). The molecule has 3 heterocycles. The van der Waals surface area contributed by atoms with E-state index in [0.717, 1.165) is 10.8 Å². The zero-order chi connectivity index (χ0) is 24.3. The lowest BCUT2D eigenvalue weighted by Gasteiger charge is -2.36. The number of carbonyl (C=O) groups is 2. The van der Waals surface area contributed by atoms with Gasteiger partial charge in [0.2, 0.25) is 5.91 Å². The summed E-state index contributed by atoms with van der Waals surface area (Å²) in [4.78, 5) is 26.1. The van der Waals surface area contributed by atoms with Crippen LogP contribution in [0, 0.1) is 0 Å². The number of benzene rings is 2. The molecule has 6 atom stereocenters. The van der Waals surface area contributed by atoms with Gasteiger partial charge in [-0.05, 0) is 46.1 Å². The first-order valence-corrected chi connectivity index (χ1v) is 11.5. The molecule has 3 saturated heterocycles. The Bertz CT molecular complexity index is 1110. The molecule has 3 aliphatic heterocycles. The third-order valence-electron chi connectivity index (χ3n) is 6.21. The predicted molar refractivity (Wildman–Crippen MR) is 123 cm³/mol. The minimum atomic E-state index is -1.03. The maximum atomic E-state index is 13.2. The Morgan fingerprint density at radius 1 is 0.853 bits per heavy atom. The highest BCUT2D eigenvalue weighted by atomic mass is 16.9. The highest BCUT2D eigenvalue weighted by Crippen LogP contribution is 2.44. The summed E-state index contributed by atoms with van der Waals surface area (Å²) < 4.78 is 29.8. The van der Waals surface area contributed by atoms with Crippen LogP contribution in [0.5, 0.6) is 0 Å². The summed E-state index contributed by atoms with van der Waals surface area (Å²) in [6, 6.07) is 12.6. The van der Waals surface area contributed by atoms with Gasteiger partial charge < -0.3 is 34.3 Å². The molecule has 9 heteroatoms. The molecule has 0 aromatic heterocycles. The lowest BCUT2D eigenvalue weighted by atomic mass is 9.98. The second kappa shape index (κ2) is 8.28. The Morgan fingerprint density at radius 3 is 2.29 bits per heavy atom. The Kier molecular flexibility index (Phi) is 5.65. The standard InChI is InChI=1S/C25H30N2O7/c1-13(21(28)27-16-12-8-10-14-9-6-7-11-15(14)16)26-22(29)19-17-18(32-24(2,3)31-17)20-23(30-19)34-25(4,5)33-20/h6-13,17-20,23H,1-5H3,(H,26,29)(H,27,28). The number of fused-ring (bicyclic) bond motifs is 4. The van der Waals surface area contributed by atoms with Gasteiger partial charge in [-0.25, -0.2) is 0 Å². The van der Waals surface area contributed by atoms with Crippen LogP contribution in [0.1, 0.15) is 34.6 Å². The minimum Gasteiger partial charge on any atom is -0.342 e. The van der Waals surface area contributed by atoms with Crippen LogP contribution >= 0.6 is 0 Å². The zero-order valence-corrected chi connectivity index (χ0v) is 19.9. The van der Waals surface area contributed by atoms with Gasteiger partial charge in [0, 0.05) is 11.1 Å². The van der Waals surface area contributed by atoms with Gasteiger partial charge in [-0.3, -0.25) is 9.59 Å². The van der Waals surface area contributed by atoms with Crippen LogP contribution in [0.25, 0.3) is 10.8 Å². The summed E-state index contributed by atoms with van der Waals surface area (Å²) in [6.45, 7) is 8.72. The van der Waals surface area contributed by atoms with Crippen LogP contribution in [0.4, 0.5) is 5.69 Å². The number of rotatable bonds is 4. The first-order chi connectivity index (χ1) is 16.0. The summed E-state index contributed by atoms with van der Waals surface area (Å²) in [7, 11) is 0. The number of hydrogen-bond acceptors (Lipinski definition) is 7. The van der Waals surface area contributed by atoms with Gasteiger partial charge in [-0.1, -0.05) is 36.4 Å². The zero-order valence-electron chi connectivity index (χ0n) is 19.9. The molecule has 2 amide bonds. The molecule has 0 radical (unpaired) electrons. The van der Waals surface area contributed by atoms with Gasteiger partial charge in [-0.2, -0.15) is 0 Å². The molecule has 0 bridgehead atoms. The summed E-state index contributed by atoms with van der Waals surface area (Å²) in [6.07, 6.45) is -3.60. The smallest absolute Gasteiger partial charge is 0.252 e. The molecule has 3 aliphatic rings. The van der Waals surface area contributed by atoms with E-state index in [1.54, 1.807) is 34.6 Å². The van der Waals surface area contributed by atoms with Crippen LogP contribution in [-0.4, -0.2) is 60.1 Å². The number of ether oxygens (including phenoxy) is 5. The fourth-order valence-electron chi connectivity index (χ4n) is 4.76. The van der Waals surface area contributed by atoms with Gasteiger partial charge in [-0.15, -0.1) is 0 Å². The lowest BCUT2D eigenvalue weighted by molar-refractivity contribution is -0.231. The first kappa shape index (κ1) is 23.2. The average Bonchev–Trinajstić information content (AvgIpc) is 3.26. The van der Waals surface area contributed by atoms with Crippen molar-refractivity contribution in [1.29, 1.82) is 0 Å². The molecule has 0 aliphatic carbocycles. The number of nitrogens with one attached hydrogen (secondary N) is 2. The molecular formula is C25H30N2O7. The van der Waals surface area contributed by atoms with E-state index in [1.807, 2.05) is 42.5 Å². The molecule has 0 spiro atoms.